The van der Waals surface area contributed by atoms with Crippen molar-refractivity contribution in [3.05, 3.63) is 46.0 Å². The van der Waals surface area contributed by atoms with E-state index in [1.807, 2.05) is 30.8 Å². The van der Waals surface area contributed by atoms with Crippen molar-refractivity contribution in [3.8, 4) is 0 Å². The number of pyridine rings is 1. The van der Waals surface area contributed by atoms with Crippen LogP contribution in [-0.2, 0) is 6.42 Å². The van der Waals surface area contributed by atoms with Crippen LogP contribution in [0.15, 0.2) is 29.1 Å². The molecule has 1 unspecified atom stereocenters. The Kier molecular flexibility index (Phi) is 4.37. The van der Waals surface area contributed by atoms with Gasteiger partial charge in [0.2, 0.25) is 0 Å². The summed E-state index contributed by atoms with van der Waals surface area (Å²) in [4.78, 5) is 4.11. The fourth-order valence-electron chi connectivity index (χ4n) is 2.17. The fraction of sp³-hybridized carbons (Fsp3) is 0.429. The number of rotatable bonds is 4. The summed E-state index contributed by atoms with van der Waals surface area (Å²) in [6.45, 7) is 6.15. The minimum absolute atomic E-state index is 0.197. The maximum absolute atomic E-state index is 10.7. The van der Waals surface area contributed by atoms with Crippen molar-refractivity contribution < 1.29 is 5.11 Å². The standard InChI is InChI=1S/C14H18BrN3O/c1-4-10-7-16-6-5-11(10)14(19)13-12(15)8-17-18(13)9(2)3/h5-9,14,19H,4H2,1-3H3. The summed E-state index contributed by atoms with van der Waals surface area (Å²) in [6, 6.07) is 2.07. The number of aromatic nitrogens is 3. The molecule has 0 amide bonds. The first kappa shape index (κ1) is 14.2. The number of hydrogen-bond donors (Lipinski definition) is 1. The van der Waals surface area contributed by atoms with Gasteiger partial charge >= 0.3 is 0 Å². The van der Waals surface area contributed by atoms with E-state index >= 15 is 0 Å². The summed E-state index contributed by atoms with van der Waals surface area (Å²) in [6.07, 6.45) is 5.39. The molecule has 0 radical (unpaired) electrons. The van der Waals surface area contributed by atoms with E-state index < -0.39 is 6.10 Å². The molecule has 0 aliphatic heterocycles. The highest BCUT2D eigenvalue weighted by atomic mass is 79.9. The second kappa shape index (κ2) is 5.84. The fourth-order valence-corrected chi connectivity index (χ4v) is 2.66. The van der Waals surface area contributed by atoms with Gasteiger partial charge in [-0.1, -0.05) is 6.92 Å². The van der Waals surface area contributed by atoms with Gasteiger partial charge in [0.1, 0.15) is 6.10 Å². The molecule has 19 heavy (non-hydrogen) atoms. The zero-order valence-corrected chi connectivity index (χ0v) is 12.9. The SMILES string of the molecule is CCc1cnccc1C(O)c1c(Br)cnn1C(C)C. The molecule has 0 bridgehead atoms. The zero-order chi connectivity index (χ0) is 14.0. The summed E-state index contributed by atoms with van der Waals surface area (Å²) in [5.41, 5.74) is 2.73. The number of nitrogens with zero attached hydrogens (tertiary/aromatic N) is 3. The van der Waals surface area contributed by atoms with Crippen LogP contribution in [0.4, 0.5) is 0 Å². The molecule has 0 aromatic carbocycles. The third kappa shape index (κ3) is 2.72. The molecule has 0 saturated heterocycles. The number of hydrogen-bond acceptors (Lipinski definition) is 3. The zero-order valence-electron chi connectivity index (χ0n) is 11.3. The van der Waals surface area contributed by atoms with E-state index in [-0.39, 0.29) is 6.04 Å². The first-order valence-electron chi connectivity index (χ1n) is 6.40. The number of aliphatic hydroxyl groups excluding tert-OH is 1. The highest BCUT2D eigenvalue weighted by Gasteiger charge is 2.22. The molecule has 1 atom stereocenters. The number of halogens is 1. The Morgan fingerprint density at radius 2 is 2.11 bits per heavy atom. The summed E-state index contributed by atoms with van der Waals surface area (Å²) >= 11 is 3.47. The lowest BCUT2D eigenvalue weighted by Gasteiger charge is -2.18. The van der Waals surface area contributed by atoms with Crippen LogP contribution in [0.3, 0.4) is 0 Å². The molecule has 2 rings (SSSR count). The second-order valence-electron chi connectivity index (χ2n) is 4.75. The second-order valence-corrected chi connectivity index (χ2v) is 5.60. The van der Waals surface area contributed by atoms with Gasteiger partial charge in [-0.2, -0.15) is 5.10 Å². The summed E-state index contributed by atoms with van der Waals surface area (Å²) < 4.78 is 2.67. The highest BCUT2D eigenvalue weighted by Crippen LogP contribution is 2.31. The van der Waals surface area contributed by atoms with Crippen molar-refractivity contribution in [2.75, 3.05) is 0 Å². The Labute approximate surface area is 121 Å². The largest absolute Gasteiger partial charge is 0.382 e. The number of aliphatic hydroxyl groups is 1. The maximum Gasteiger partial charge on any atom is 0.122 e. The van der Waals surface area contributed by atoms with Crippen LogP contribution in [0, 0.1) is 0 Å². The molecule has 0 aliphatic carbocycles. The third-order valence-electron chi connectivity index (χ3n) is 3.15. The van der Waals surface area contributed by atoms with E-state index in [4.69, 9.17) is 0 Å². The van der Waals surface area contributed by atoms with Crippen LogP contribution in [0.25, 0.3) is 0 Å². The van der Waals surface area contributed by atoms with E-state index in [9.17, 15) is 5.11 Å². The van der Waals surface area contributed by atoms with E-state index in [2.05, 4.69) is 32.9 Å². The predicted octanol–water partition coefficient (Wildman–Crippen LogP) is 3.27. The Bertz CT molecular complexity index is 566. The average molecular weight is 324 g/mol. The van der Waals surface area contributed by atoms with Crippen molar-refractivity contribution in [1.29, 1.82) is 0 Å². The van der Waals surface area contributed by atoms with Crippen LogP contribution in [0.2, 0.25) is 0 Å². The molecule has 0 spiro atoms. The first-order chi connectivity index (χ1) is 9.06. The molecule has 0 saturated carbocycles. The van der Waals surface area contributed by atoms with Gasteiger partial charge in [0.25, 0.3) is 0 Å². The van der Waals surface area contributed by atoms with E-state index in [1.54, 1.807) is 12.4 Å². The molecule has 4 nitrogen and oxygen atoms in total. The minimum atomic E-state index is -0.697. The average Bonchev–Trinajstić information content (AvgIpc) is 2.80. The lowest BCUT2D eigenvalue weighted by molar-refractivity contribution is 0.203. The molecular weight excluding hydrogens is 306 g/mol. The van der Waals surface area contributed by atoms with Gasteiger partial charge in [-0.05, 0) is 53.4 Å². The van der Waals surface area contributed by atoms with Crippen LogP contribution >= 0.6 is 15.9 Å². The van der Waals surface area contributed by atoms with Crippen LogP contribution < -0.4 is 0 Å². The van der Waals surface area contributed by atoms with Gasteiger partial charge in [-0.3, -0.25) is 9.67 Å². The number of aryl methyl sites for hydroxylation is 1. The summed E-state index contributed by atoms with van der Waals surface area (Å²) in [5, 5.41) is 15.0. The van der Waals surface area contributed by atoms with Gasteiger partial charge in [-0.25, -0.2) is 0 Å². The van der Waals surface area contributed by atoms with Gasteiger partial charge in [0, 0.05) is 18.4 Å². The summed E-state index contributed by atoms with van der Waals surface area (Å²) in [5.74, 6) is 0. The monoisotopic (exact) mass is 323 g/mol. The first-order valence-corrected chi connectivity index (χ1v) is 7.19. The quantitative estimate of drug-likeness (QED) is 0.939. The predicted molar refractivity (Wildman–Crippen MR) is 78.0 cm³/mol. The Morgan fingerprint density at radius 3 is 2.74 bits per heavy atom. The minimum Gasteiger partial charge on any atom is -0.382 e. The lowest BCUT2D eigenvalue weighted by Crippen LogP contribution is -2.14. The van der Waals surface area contributed by atoms with Crippen molar-refractivity contribution in [2.24, 2.45) is 0 Å². The Morgan fingerprint density at radius 1 is 1.37 bits per heavy atom. The van der Waals surface area contributed by atoms with Crippen molar-refractivity contribution >= 4 is 15.9 Å². The molecule has 0 aliphatic rings. The summed E-state index contributed by atoms with van der Waals surface area (Å²) in [7, 11) is 0. The molecular formula is C14H18BrN3O. The van der Waals surface area contributed by atoms with Gasteiger partial charge in [0.05, 0.1) is 16.4 Å². The molecule has 2 heterocycles. The van der Waals surface area contributed by atoms with E-state index in [0.29, 0.717) is 0 Å². The van der Waals surface area contributed by atoms with E-state index in [1.165, 1.54) is 0 Å². The Balaban J connectivity index is 2.50. The normalized spacial score (nSPS) is 12.9. The van der Waals surface area contributed by atoms with Crippen LogP contribution in [0.1, 0.15) is 49.7 Å². The van der Waals surface area contributed by atoms with Crippen LogP contribution in [-0.4, -0.2) is 19.9 Å². The van der Waals surface area contributed by atoms with Crippen LogP contribution in [0.5, 0.6) is 0 Å². The Hall–Kier alpha value is -1.20. The molecule has 2 aromatic heterocycles. The lowest BCUT2D eigenvalue weighted by atomic mass is 10.0. The molecule has 102 valence electrons. The molecule has 2 aromatic rings. The van der Waals surface area contributed by atoms with Gasteiger partial charge in [-0.15, -0.1) is 0 Å². The third-order valence-corrected chi connectivity index (χ3v) is 3.76. The molecule has 0 fully saturated rings. The smallest absolute Gasteiger partial charge is 0.122 e. The van der Waals surface area contributed by atoms with Crippen molar-refractivity contribution in [3.63, 3.8) is 0 Å². The van der Waals surface area contributed by atoms with E-state index in [0.717, 1.165) is 27.7 Å². The van der Waals surface area contributed by atoms with Crippen molar-refractivity contribution in [1.82, 2.24) is 14.8 Å². The van der Waals surface area contributed by atoms with Crippen molar-refractivity contribution in [2.45, 2.75) is 39.3 Å². The molecule has 5 heteroatoms. The molecule has 1 N–H and O–H groups in total. The highest BCUT2D eigenvalue weighted by molar-refractivity contribution is 9.10. The van der Waals surface area contributed by atoms with Gasteiger partial charge in [0.15, 0.2) is 0 Å². The topological polar surface area (TPSA) is 50.9 Å². The van der Waals surface area contributed by atoms with Gasteiger partial charge < -0.3 is 5.11 Å². The maximum atomic E-state index is 10.7.